The number of thioether (sulfide) groups is 1. The van der Waals surface area contributed by atoms with Crippen LogP contribution in [0.4, 0.5) is 4.79 Å². The lowest BCUT2D eigenvalue weighted by Gasteiger charge is -1.98. The van der Waals surface area contributed by atoms with Crippen LogP contribution in [0.5, 0.6) is 0 Å². The van der Waals surface area contributed by atoms with Gasteiger partial charge in [-0.15, -0.1) is 0 Å². The first-order chi connectivity index (χ1) is 4.83. The van der Waals surface area contributed by atoms with Gasteiger partial charge in [-0.1, -0.05) is 13.0 Å². The predicted octanol–water partition coefficient (Wildman–Crippen LogP) is 2.20. The molecule has 0 spiro atoms. The van der Waals surface area contributed by atoms with Crippen LogP contribution in [0, 0.1) is 0 Å². The lowest BCUT2D eigenvalue weighted by Crippen LogP contribution is -2.04. The van der Waals surface area contributed by atoms with Crippen LogP contribution in [0.2, 0.25) is 0 Å². The van der Waals surface area contributed by atoms with Crippen molar-refractivity contribution in [3.63, 3.8) is 0 Å². The number of allylic oxidation sites excluding steroid dienone is 1. The summed E-state index contributed by atoms with van der Waals surface area (Å²) < 4.78 is 4.90. The quantitative estimate of drug-likeness (QED) is 0.455. The maximum absolute atomic E-state index is 10.5. The van der Waals surface area contributed by atoms with Crippen LogP contribution in [0.25, 0.3) is 0 Å². The molecule has 1 aliphatic rings. The fourth-order valence-electron chi connectivity index (χ4n) is 0.725. The maximum Gasteiger partial charge on any atom is 0.368 e. The Balaban J connectivity index is 2.31. The molecule has 1 fully saturated rings. The van der Waals surface area contributed by atoms with Gasteiger partial charge in [-0.3, -0.25) is 0 Å². The number of ether oxygens (including phenoxy) is 1. The van der Waals surface area contributed by atoms with Crippen molar-refractivity contribution in [2.24, 2.45) is 0 Å². The molecule has 3 heteroatoms. The number of cyclic esters (lactones) is 1. The summed E-state index contributed by atoms with van der Waals surface area (Å²) in [4.78, 5) is 10.5. The monoisotopic (exact) mass is 158 g/mol. The van der Waals surface area contributed by atoms with Gasteiger partial charge in [-0.25, -0.2) is 4.79 Å². The highest BCUT2D eigenvalue weighted by molar-refractivity contribution is 8.13. The molecule has 1 aliphatic heterocycles. The SMILES string of the molecule is CC/C=C/C1CSC(=O)O1. The second kappa shape index (κ2) is 3.66. The van der Waals surface area contributed by atoms with Crippen LogP contribution in [-0.2, 0) is 4.74 Å². The number of rotatable bonds is 2. The molecule has 1 heterocycles. The van der Waals surface area contributed by atoms with E-state index in [4.69, 9.17) is 4.74 Å². The first-order valence-electron chi connectivity index (χ1n) is 3.33. The molecule has 1 unspecified atom stereocenters. The zero-order valence-corrected chi connectivity index (χ0v) is 6.69. The molecule has 10 heavy (non-hydrogen) atoms. The summed E-state index contributed by atoms with van der Waals surface area (Å²) in [7, 11) is 0. The molecule has 1 saturated heterocycles. The van der Waals surface area contributed by atoms with E-state index in [0.717, 1.165) is 12.2 Å². The topological polar surface area (TPSA) is 26.3 Å². The third-order valence-corrected chi connectivity index (χ3v) is 2.03. The Kier molecular flexibility index (Phi) is 2.81. The number of carbonyl (C=O) groups excluding carboxylic acids is 1. The van der Waals surface area contributed by atoms with Gasteiger partial charge in [0.15, 0.2) is 0 Å². The van der Waals surface area contributed by atoms with E-state index < -0.39 is 0 Å². The molecule has 0 saturated carbocycles. The smallest absolute Gasteiger partial charge is 0.368 e. The standard InChI is InChI=1S/C7H10O2S/c1-2-3-4-6-5-10-7(8)9-6/h3-4,6H,2,5H2,1H3/b4-3+. The van der Waals surface area contributed by atoms with E-state index >= 15 is 0 Å². The van der Waals surface area contributed by atoms with Gasteiger partial charge in [-0.2, -0.15) is 0 Å². The summed E-state index contributed by atoms with van der Waals surface area (Å²) in [6.45, 7) is 2.06. The van der Waals surface area contributed by atoms with Crippen molar-refractivity contribution in [3.8, 4) is 0 Å². The van der Waals surface area contributed by atoms with Gasteiger partial charge in [0, 0.05) is 5.75 Å². The molecule has 0 radical (unpaired) electrons. The van der Waals surface area contributed by atoms with E-state index in [1.165, 1.54) is 11.8 Å². The minimum atomic E-state index is -0.147. The van der Waals surface area contributed by atoms with Gasteiger partial charge in [0.2, 0.25) is 0 Å². The van der Waals surface area contributed by atoms with Gasteiger partial charge in [0.05, 0.1) is 0 Å². The van der Waals surface area contributed by atoms with Gasteiger partial charge < -0.3 is 4.74 Å². The fraction of sp³-hybridized carbons (Fsp3) is 0.571. The minimum absolute atomic E-state index is 0.0254. The van der Waals surface area contributed by atoms with E-state index in [2.05, 4.69) is 6.92 Å². The second-order valence-electron chi connectivity index (χ2n) is 2.05. The van der Waals surface area contributed by atoms with E-state index in [9.17, 15) is 4.79 Å². The molecule has 1 rings (SSSR count). The molecule has 0 aromatic heterocycles. The van der Waals surface area contributed by atoms with Crippen LogP contribution in [0.3, 0.4) is 0 Å². The zero-order chi connectivity index (χ0) is 7.40. The van der Waals surface area contributed by atoms with Crippen LogP contribution in [0.1, 0.15) is 13.3 Å². The average Bonchev–Trinajstić information content (AvgIpc) is 2.31. The number of hydrogen-bond acceptors (Lipinski definition) is 3. The number of carbonyl (C=O) groups is 1. The third kappa shape index (κ3) is 2.06. The van der Waals surface area contributed by atoms with Gasteiger partial charge >= 0.3 is 5.30 Å². The molecular formula is C7H10O2S. The first kappa shape index (κ1) is 7.66. The predicted molar refractivity (Wildman–Crippen MR) is 42.2 cm³/mol. The molecule has 0 aromatic rings. The summed E-state index contributed by atoms with van der Waals surface area (Å²) in [6.07, 6.45) is 4.98. The largest absolute Gasteiger partial charge is 0.449 e. The summed E-state index contributed by atoms with van der Waals surface area (Å²) in [5.41, 5.74) is 0. The van der Waals surface area contributed by atoms with Crippen LogP contribution >= 0.6 is 11.8 Å². The van der Waals surface area contributed by atoms with Crippen molar-refractivity contribution in [2.45, 2.75) is 19.4 Å². The Hall–Kier alpha value is -0.440. The van der Waals surface area contributed by atoms with Crippen molar-refractivity contribution in [2.75, 3.05) is 5.75 Å². The first-order valence-corrected chi connectivity index (χ1v) is 4.31. The normalized spacial score (nSPS) is 25.7. The molecule has 1 atom stereocenters. The zero-order valence-electron chi connectivity index (χ0n) is 5.87. The van der Waals surface area contributed by atoms with E-state index in [-0.39, 0.29) is 11.4 Å². The van der Waals surface area contributed by atoms with Crippen LogP contribution < -0.4 is 0 Å². The molecular weight excluding hydrogens is 148 g/mol. The lowest BCUT2D eigenvalue weighted by molar-refractivity contribution is 0.165. The third-order valence-electron chi connectivity index (χ3n) is 1.20. The number of hydrogen-bond donors (Lipinski definition) is 0. The minimum Gasteiger partial charge on any atom is -0.449 e. The molecule has 0 amide bonds. The fourth-order valence-corrected chi connectivity index (χ4v) is 1.40. The molecule has 2 nitrogen and oxygen atoms in total. The Morgan fingerprint density at radius 2 is 2.70 bits per heavy atom. The van der Waals surface area contributed by atoms with Gasteiger partial charge in [-0.05, 0) is 24.3 Å². The summed E-state index contributed by atoms with van der Waals surface area (Å²) >= 11 is 1.24. The van der Waals surface area contributed by atoms with Crippen molar-refractivity contribution in [1.29, 1.82) is 0 Å². The highest BCUT2D eigenvalue weighted by Gasteiger charge is 2.20. The van der Waals surface area contributed by atoms with E-state index in [0.29, 0.717) is 0 Å². The lowest BCUT2D eigenvalue weighted by atomic mass is 10.3. The van der Waals surface area contributed by atoms with Crippen molar-refractivity contribution >= 4 is 17.1 Å². The Morgan fingerprint density at radius 1 is 1.90 bits per heavy atom. The Bertz CT molecular complexity index is 154. The molecule has 0 bridgehead atoms. The maximum atomic E-state index is 10.5. The van der Waals surface area contributed by atoms with Crippen LogP contribution in [-0.4, -0.2) is 17.2 Å². The van der Waals surface area contributed by atoms with Crippen molar-refractivity contribution in [1.82, 2.24) is 0 Å². The molecule has 0 aromatic carbocycles. The molecule has 0 N–H and O–H groups in total. The Morgan fingerprint density at radius 3 is 3.20 bits per heavy atom. The van der Waals surface area contributed by atoms with E-state index in [1.54, 1.807) is 0 Å². The second-order valence-corrected chi connectivity index (χ2v) is 3.01. The average molecular weight is 158 g/mol. The highest BCUT2D eigenvalue weighted by Crippen LogP contribution is 2.20. The molecule has 56 valence electrons. The summed E-state index contributed by atoms with van der Waals surface area (Å²) in [5.74, 6) is 0.773. The summed E-state index contributed by atoms with van der Waals surface area (Å²) in [6, 6.07) is 0. The van der Waals surface area contributed by atoms with Crippen molar-refractivity contribution < 1.29 is 9.53 Å². The molecule has 0 aliphatic carbocycles. The Labute approximate surface area is 64.6 Å². The van der Waals surface area contributed by atoms with Crippen LogP contribution in [0.15, 0.2) is 12.2 Å². The summed E-state index contributed by atoms with van der Waals surface area (Å²) in [5, 5.41) is -0.147. The van der Waals surface area contributed by atoms with Crippen molar-refractivity contribution in [3.05, 3.63) is 12.2 Å². The highest BCUT2D eigenvalue weighted by atomic mass is 32.2. The van der Waals surface area contributed by atoms with Gasteiger partial charge in [0.1, 0.15) is 6.10 Å². The van der Waals surface area contributed by atoms with E-state index in [1.807, 2.05) is 12.2 Å². The van der Waals surface area contributed by atoms with Gasteiger partial charge in [0.25, 0.3) is 0 Å².